The lowest BCUT2D eigenvalue weighted by Crippen LogP contribution is -2.40. The van der Waals surface area contributed by atoms with Crippen molar-refractivity contribution in [2.75, 3.05) is 11.9 Å². The van der Waals surface area contributed by atoms with Crippen molar-refractivity contribution in [1.82, 2.24) is 5.32 Å². The van der Waals surface area contributed by atoms with Crippen LogP contribution in [0.3, 0.4) is 0 Å². The number of hydrogen-bond acceptors (Lipinski definition) is 2. The zero-order chi connectivity index (χ0) is 13.0. The fraction of sp³-hybridized carbons (Fsp3) is 0.333. The lowest BCUT2D eigenvalue weighted by molar-refractivity contribution is 0.245. The second-order valence-corrected chi connectivity index (χ2v) is 4.13. The van der Waals surface area contributed by atoms with E-state index >= 15 is 0 Å². The van der Waals surface area contributed by atoms with Gasteiger partial charge in [-0.05, 0) is 26.0 Å². The van der Waals surface area contributed by atoms with Crippen LogP contribution in [0, 0.1) is 5.41 Å². The number of amides is 2. The Labute approximate surface area is 101 Å². The summed E-state index contributed by atoms with van der Waals surface area (Å²) < 4.78 is 0. The summed E-state index contributed by atoms with van der Waals surface area (Å²) in [5.41, 5.74) is 6.71. The predicted octanol–water partition coefficient (Wildman–Crippen LogP) is 1.52. The van der Waals surface area contributed by atoms with Gasteiger partial charge in [-0.15, -0.1) is 0 Å². The van der Waals surface area contributed by atoms with Crippen molar-refractivity contribution in [2.45, 2.75) is 19.9 Å². The van der Waals surface area contributed by atoms with E-state index < -0.39 is 0 Å². The fourth-order valence-corrected chi connectivity index (χ4v) is 1.34. The van der Waals surface area contributed by atoms with E-state index in [1.807, 2.05) is 13.8 Å². The standard InChI is InChI=1S/C12H18N4O/c1-8(2)15-12(17)16(3)10-6-4-5-9(7-10)11(13)14/h4-8H,1-3H3,(H3,13,14)(H,15,17). The number of nitrogens with two attached hydrogens (primary N) is 1. The van der Waals surface area contributed by atoms with Crippen molar-refractivity contribution in [3.05, 3.63) is 29.8 Å². The third-order valence-electron chi connectivity index (χ3n) is 2.26. The van der Waals surface area contributed by atoms with Crippen molar-refractivity contribution in [3.8, 4) is 0 Å². The minimum absolute atomic E-state index is 0.00971. The van der Waals surface area contributed by atoms with Gasteiger partial charge in [0.15, 0.2) is 0 Å². The number of carbonyl (C=O) groups is 1. The summed E-state index contributed by atoms with van der Waals surface area (Å²) in [7, 11) is 1.68. The number of nitrogens with zero attached hydrogens (tertiary/aromatic N) is 1. The number of urea groups is 1. The van der Waals surface area contributed by atoms with Crippen LogP contribution >= 0.6 is 0 Å². The van der Waals surface area contributed by atoms with Gasteiger partial charge in [0, 0.05) is 24.3 Å². The predicted molar refractivity (Wildman–Crippen MR) is 69.5 cm³/mol. The number of rotatable bonds is 3. The van der Waals surface area contributed by atoms with E-state index in [2.05, 4.69) is 5.32 Å². The Morgan fingerprint density at radius 3 is 2.65 bits per heavy atom. The molecular weight excluding hydrogens is 216 g/mol. The van der Waals surface area contributed by atoms with E-state index in [0.717, 1.165) is 0 Å². The van der Waals surface area contributed by atoms with Crippen LogP contribution in [0.5, 0.6) is 0 Å². The highest BCUT2D eigenvalue weighted by atomic mass is 16.2. The molecule has 0 saturated carbocycles. The second kappa shape index (κ2) is 5.34. The van der Waals surface area contributed by atoms with Gasteiger partial charge in [-0.1, -0.05) is 12.1 Å². The minimum Gasteiger partial charge on any atom is -0.384 e. The molecule has 0 spiro atoms. The SMILES string of the molecule is CC(C)NC(=O)N(C)c1cccc(C(=N)N)c1. The van der Waals surface area contributed by atoms with Crippen LogP contribution in [0.2, 0.25) is 0 Å². The number of carbonyl (C=O) groups excluding carboxylic acids is 1. The third-order valence-corrected chi connectivity index (χ3v) is 2.26. The normalized spacial score (nSPS) is 10.1. The first-order chi connectivity index (χ1) is 7.91. The zero-order valence-corrected chi connectivity index (χ0v) is 10.3. The molecule has 0 unspecified atom stereocenters. The number of anilines is 1. The number of nitrogen functional groups attached to an aromatic ring is 1. The molecule has 1 aromatic rings. The minimum atomic E-state index is -0.180. The van der Waals surface area contributed by atoms with Gasteiger partial charge in [-0.2, -0.15) is 0 Å². The average Bonchev–Trinajstić information content (AvgIpc) is 2.27. The largest absolute Gasteiger partial charge is 0.384 e. The monoisotopic (exact) mass is 234 g/mol. The molecular formula is C12H18N4O. The molecule has 5 nitrogen and oxygen atoms in total. The Balaban J connectivity index is 2.88. The molecule has 0 atom stereocenters. The maximum atomic E-state index is 11.8. The van der Waals surface area contributed by atoms with Crippen molar-refractivity contribution >= 4 is 17.6 Å². The van der Waals surface area contributed by atoms with Gasteiger partial charge < -0.3 is 11.1 Å². The van der Waals surface area contributed by atoms with Crippen LogP contribution < -0.4 is 16.0 Å². The molecule has 0 aromatic heterocycles. The Morgan fingerprint density at radius 1 is 1.47 bits per heavy atom. The molecule has 1 aromatic carbocycles. The van der Waals surface area contributed by atoms with Gasteiger partial charge in [0.1, 0.15) is 5.84 Å². The molecule has 1 rings (SSSR count). The van der Waals surface area contributed by atoms with Crippen molar-refractivity contribution in [2.24, 2.45) is 5.73 Å². The summed E-state index contributed by atoms with van der Waals surface area (Å²) in [6.07, 6.45) is 0. The number of nitrogens with one attached hydrogen (secondary N) is 2. The van der Waals surface area contributed by atoms with Crippen LogP contribution in [0.1, 0.15) is 19.4 Å². The second-order valence-electron chi connectivity index (χ2n) is 4.13. The summed E-state index contributed by atoms with van der Waals surface area (Å²) in [6.45, 7) is 3.80. The third kappa shape index (κ3) is 3.48. The maximum absolute atomic E-state index is 11.8. The summed E-state index contributed by atoms with van der Waals surface area (Å²) >= 11 is 0. The van der Waals surface area contributed by atoms with Crippen molar-refractivity contribution in [3.63, 3.8) is 0 Å². The first-order valence-corrected chi connectivity index (χ1v) is 5.40. The van der Waals surface area contributed by atoms with Crippen molar-refractivity contribution in [1.29, 1.82) is 5.41 Å². The molecule has 0 bridgehead atoms. The molecule has 0 aliphatic rings. The highest BCUT2D eigenvalue weighted by Gasteiger charge is 2.12. The maximum Gasteiger partial charge on any atom is 0.321 e. The molecule has 0 aliphatic heterocycles. The average molecular weight is 234 g/mol. The number of benzene rings is 1. The molecule has 2 amide bonds. The van der Waals surface area contributed by atoms with E-state index in [-0.39, 0.29) is 17.9 Å². The van der Waals surface area contributed by atoms with Crippen molar-refractivity contribution < 1.29 is 4.79 Å². The van der Waals surface area contributed by atoms with Gasteiger partial charge in [-0.25, -0.2) is 4.79 Å². The molecule has 4 N–H and O–H groups in total. The van der Waals surface area contributed by atoms with Crippen LogP contribution in [0.15, 0.2) is 24.3 Å². The molecule has 17 heavy (non-hydrogen) atoms. The highest BCUT2D eigenvalue weighted by Crippen LogP contribution is 2.14. The summed E-state index contributed by atoms with van der Waals surface area (Å²) in [5.74, 6) is -0.00971. The highest BCUT2D eigenvalue weighted by molar-refractivity contribution is 5.98. The number of amidine groups is 1. The van der Waals surface area contributed by atoms with E-state index in [9.17, 15) is 4.79 Å². The molecule has 0 radical (unpaired) electrons. The molecule has 0 fully saturated rings. The lowest BCUT2D eigenvalue weighted by atomic mass is 10.2. The zero-order valence-electron chi connectivity index (χ0n) is 10.3. The van der Waals surface area contributed by atoms with E-state index in [1.165, 1.54) is 4.90 Å². The Bertz CT molecular complexity index is 428. The molecule has 5 heteroatoms. The molecule has 0 aliphatic carbocycles. The smallest absolute Gasteiger partial charge is 0.321 e. The topological polar surface area (TPSA) is 82.2 Å². The summed E-state index contributed by atoms with van der Waals surface area (Å²) in [6, 6.07) is 6.92. The molecule has 0 heterocycles. The summed E-state index contributed by atoms with van der Waals surface area (Å²) in [4.78, 5) is 13.3. The Hall–Kier alpha value is -2.04. The van der Waals surface area contributed by atoms with Crippen LogP contribution in [0.25, 0.3) is 0 Å². The first kappa shape index (κ1) is 13.0. The van der Waals surface area contributed by atoms with Gasteiger partial charge in [0.25, 0.3) is 0 Å². The van der Waals surface area contributed by atoms with E-state index in [0.29, 0.717) is 11.3 Å². The van der Waals surface area contributed by atoms with Gasteiger partial charge in [0.2, 0.25) is 0 Å². The van der Waals surface area contributed by atoms with Crippen LogP contribution in [-0.2, 0) is 0 Å². The summed E-state index contributed by atoms with van der Waals surface area (Å²) in [5, 5.41) is 10.1. The first-order valence-electron chi connectivity index (χ1n) is 5.40. The van der Waals surface area contributed by atoms with Gasteiger partial charge in [-0.3, -0.25) is 10.3 Å². The Kier molecular flexibility index (Phi) is 4.09. The molecule has 0 saturated heterocycles. The van der Waals surface area contributed by atoms with Gasteiger partial charge in [0.05, 0.1) is 0 Å². The van der Waals surface area contributed by atoms with Crippen LogP contribution in [-0.4, -0.2) is 25.0 Å². The Morgan fingerprint density at radius 2 is 2.12 bits per heavy atom. The molecule has 92 valence electrons. The quantitative estimate of drug-likeness (QED) is 0.547. The number of hydrogen-bond donors (Lipinski definition) is 3. The van der Waals surface area contributed by atoms with Gasteiger partial charge >= 0.3 is 6.03 Å². The lowest BCUT2D eigenvalue weighted by Gasteiger charge is -2.20. The van der Waals surface area contributed by atoms with Crippen LogP contribution in [0.4, 0.5) is 10.5 Å². The fourth-order valence-electron chi connectivity index (χ4n) is 1.34. The van der Waals surface area contributed by atoms with E-state index in [4.69, 9.17) is 11.1 Å². The van der Waals surface area contributed by atoms with E-state index in [1.54, 1.807) is 31.3 Å².